The molecule has 0 aromatic carbocycles. The molecule has 1 amide bonds. The Bertz CT molecular complexity index is 1050. The number of amidine groups is 1. The lowest BCUT2D eigenvalue weighted by Crippen LogP contribution is -2.60. The number of carbonyl (C=O) groups excluding carboxylic acids is 1. The summed E-state index contributed by atoms with van der Waals surface area (Å²) in [6, 6.07) is 9.35. The minimum atomic E-state index is -4.72. The van der Waals surface area contributed by atoms with Crippen LogP contribution >= 0.6 is 12.4 Å². The predicted molar refractivity (Wildman–Crippen MR) is 108 cm³/mol. The SMILES string of the molecule is C[C@]1(c2cccc(NC(=O)c3ccc(C#N)cn3)n2)CO[C@@](C)(C(F)(F)F)C(N)=N1.Cl. The molecule has 3 N–H and O–H groups in total. The number of hydrogen-bond acceptors (Lipinski definition) is 7. The van der Waals surface area contributed by atoms with Crippen molar-refractivity contribution >= 4 is 30.0 Å². The first kappa shape index (κ1) is 24.0. The molecule has 12 heteroatoms. The molecule has 0 saturated carbocycles. The number of halogens is 4. The van der Waals surface area contributed by atoms with E-state index in [1.165, 1.54) is 31.3 Å². The van der Waals surface area contributed by atoms with Crippen LogP contribution in [0.15, 0.2) is 41.5 Å². The highest BCUT2D eigenvalue weighted by atomic mass is 35.5. The van der Waals surface area contributed by atoms with Crippen molar-refractivity contribution in [2.45, 2.75) is 31.2 Å². The van der Waals surface area contributed by atoms with Crippen molar-refractivity contribution in [1.29, 1.82) is 5.26 Å². The third-order valence-corrected chi connectivity index (χ3v) is 4.71. The Kier molecular flexibility index (Phi) is 6.58. The molecule has 2 atom stereocenters. The summed E-state index contributed by atoms with van der Waals surface area (Å²) in [5.74, 6) is -1.13. The fourth-order valence-electron chi connectivity index (χ4n) is 2.70. The predicted octanol–water partition coefficient (Wildman–Crippen LogP) is 2.95. The molecule has 2 aromatic rings. The third-order valence-electron chi connectivity index (χ3n) is 4.71. The van der Waals surface area contributed by atoms with Gasteiger partial charge in [-0.3, -0.25) is 9.79 Å². The Morgan fingerprint density at radius 2 is 2.00 bits per heavy atom. The van der Waals surface area contributed by atoms with Gasteiger partial charge in [0.1, 0.15) is 29.0 Å². The van der Waals surface area contributed by atoms with E-state index in [0.717, 1.165) is 6.92 Å². The number of anilines is 1. The topological polar surface area (TPSA) is 126 Å². The number of nitrogens with zero attached hydrogens (tertiary/aromatic N) is 4. The molecular formula is C19H18ClF3N6O2. The van der Waals surface area contributed by atoms with Crippen molar-refractivity contribution in [3.8, 4) is 6.07 Å². The van der Waals surface area contributed by atoms with Crippen LogP contribution < -0.4 is 11.1 Å². The molecule has 3 rings (SSSR count). The van der Waals surface area contributed by atoms with Crippen molar-refractivity contribution in [3.05, 3.63) is 53.5 Å². The zero-order valence-corrected chi connectivity index (χ0v) is 17.2. The van der Waals surface area contributed by atoms with Gasteiger partial charge in [0.25, 0.3) is 5.91 Å². The van der Waals surface area contributed by atoms with Crippen LogP contribution in [0.2, 0.25) is 0 Å². The lowest BCUT2D eigenvalue weighted by molar-refractivity contribution is -0.249. The Balaban J connectivity index is 0.00000341. The number of ether oxygens (including phenoxy) is 1. The zero-order chi connectivity index (χ0) is 22.2. The lowest BCUT2D eigenvalue weighted by atomic mass is 9.93. The number of hydrogen-bond donors (Lipinski definition) is 2. The van der Waals surface area contributed by atoms with Crippen LogP contribution in [0, 0.1) is 11.3 Å². The van der Waals surface area contributed by atoms with E-state index >= 15 is 0 Å². The van der Waals surface area contributed by atoms with E-state index in [1.54, 1.807) is 12.1 Å². The number of nitrogens with one attached hydrogen (secondary N) is 1. The molecule has 0 spiro atoms. The maximum Gasteiger partial charge on any atom is 0.424 e. The van der Waals surface area contributed by atoms with Crippen LogP contribution in [-0.2, 0) is 10.3 Å². The highest BCUT2D eigenvalue weighted by molar-refractivity contribution is 6.02. The molecule has 0 radical (unpaired) electrons. The van der Waals surface area contributed by atoms with Gasteiger partial charge in [-0.2, -0.15) is 18.4 Å². The third kappa shape index (κ3) is 4.60. The maximum absolute atomic E-state index is 13.3. The van der Waals surface area contributed by atoms with Gasteiger partial charge in [0.15, 0.2) is 0 Å². The van der Waals surface area contributed by atoms with Crippen LogP contribution in [0.3, 0.4) is 0 Å². The van der Waals surface area contributed by atoms with Crippen molar-refractivity contribution < 1.29 is 22.7 Å². The molecule has 1 aliphatic heterocycles. The Labute approximate surface area is 181 Å². The van der Waals surface area contributed by atoms with Crippen LogP contribution in [0.4, 0.5) is 19.0 Å². The van der Waals surface area contributed by atoms with Gasteiger partial charge in [-0.1, -0.05) is 6.07 Å². The largest absolute Gasteiger partial charge is 0.424 e. The maximum atomic E-state index is 13.3. The van der Waals surface area contributed by atoms with Crippen molar-refractivity contribution in [2.24, 2.45) is 10.7 Å². The van der Waals surface area contributed by atoms with E-state index < -0.39 is 35.7 Å². The molecule has 0 saturated heterocycles. The fourth-order valence-corrected chi connectivity index (χ4v) is 2.70. The summed E-state index contributed by atoms with van der Waals surface area (Å²) >= 11 is 0. The molecule has 0 bridgehead atoms. The number of amides is 1. The van der Waals surface area contributed by atoms with Gasteiger partial charge < -0.3 is 15.8 Å². The van der Waals surface area contributed by atoms with Crippen molar-refractivity contribution in [3.63, 3.8) is 0 Å². The number of alkyl halides is 3. The fraction of sp³-hybridized carbons (Fsp3) is 0.316. The first-order valence-corrected chi connectivity index (χ1v) is 8.70. The number of pyridine rings is 2. The molecule has 0 fully saturated rings. The summed E-state index contributed by atoms with van der Waals surface area (Å²) in [5, 5.41) is 11.3. The van der Waals surface area contributed by atoms with E-state index in [9.17, 15) is 18.0 Å². The highest BCUT2D eigenvalue weighted by Crippen LogP contribution is 2.40. The number of nitrogens with two attached hydrogens (primary N) is 1. The van der Waals surface area contributed by atoms with E-state index in [2.05, 4.69) is 20.3 Å². The van der Waals surface area contributed by atoms with Gasteiger partial charge in [0, 0.05) is 6.20 Å². The summed E-state index contributed by atoms with van der Waals surface area (Å²) < 4.78 is 44.9. The van der Waals surface area contributed by atoms with E-state index in [0.29, 0.717) is 5.56 Å². The Morgan fingerprint density at radius 3 is 2.55 bits per heavy atom. The average molecular weight is 455 g/mol. The Morgan fingerprint density at radius 1 is 1.29 bits per heavy atom. The van der Waals surface area contributed by atoms with Gasteiger partial charge in [-0.25, -0.2) is 9.97 Å². The van der Waals surface area contributed by atoms with E-state index in [1.807, 2.05) is 6.07 Å². The van der Waals surface area contributed by atoms with Crippen LogP contribution in [0.25, 0.3) is 0 Å². The lowest BCUT2D eigenvalue weighted by Gasteiger charge is -2.40. The van der Waals surface area contributed by atoms with Gasteiger partial charge in [-0.15, -0.1) is 12.4 Å². The van der Waals surface area contributed by atoms with Gasteiger partial charge >= 0.3 is 6.18 Å². The summed E-state index contributed by atoms with van der Waals surface area (Å²) in [5.41, 5.74) is 2.28. The summed E-state index contributed by atoms with van der Waals surface area (Å²) in [7, 11) is 0. The standard InChI is InChI=1S/C19H17F3N6O2.ClH/c1-17(10-30-18(2,16(24)28-17)19(20,21)22)13-4-3-5-14(26-13)27-15(29)12-7-6-11(8-23)9-25-12;/h3-7,9H,10H2,1-2H3,(H2,24,28)(H,26,27,29);1H/t17-,18-;/m1./s1. The molecular weight excluding hydrogens is 437 g/mol. The highest BCUT2D eigenvalue weighted by Gasteiger charge is 2.59. The second-order valence-corrected chi connectivity index (χ2v) is 7.00. The number of rotatable bonds is 3. The molecule has 0 unspecified atom stereocenters. The molecule has 31 heavy (non-hydrogen) atoms. The minimum absolute atomic E-state index is 0. The second kappa shape index (κ2) is 8.49. The monoisotopic (exact) mass is 454 g/mol. The molecule has 8 nitrogen and oxygen atoms in total. The second-order valence-electron chi connectivity index (χ2n) is 7.00. The van der Waals surface area contributed by atoms with Gasteiger partial charge in [-0.05, 0) is 38.1 Å². The number of aromatic nitrogens is 2. The normalized spacial score (nSPS) is 23.2. The molecule has 164 valence electrons. The van der Waals surface area contributed by atoms with Crippen LogP contribution in [0.5, 0.6) is 0 Å². The van der Waals surface area contributed by atoms with Gasteiger partial charge in [0.05, 0.1) is 17.9 Å². The average Bonchev–Trinajstić information content (AvgIpc) is 2.70. The minimum Gasteiger partial charge on any atom is -0.385 e. The number of carbonyl (C=O) groups is 1. The summed E-state index contributed by atoms with van der Waals surface area (Å²) in [6.07, 6.45) is -3.46. The zero-order valence-electron chi connectivity index (χ0n) is 16.4. The first-order chi connectivity index (χ1) is 14.0. The molecule has 0 aliphatic carbocycles. The summed E-state index contributed by atoms with van der Waals surface area (Å²) in [6.45, 7) is 1.94. The smallest absolute Gasteiger partial charge is 0.385 e. The van der Waals surface area contributed by atoms with E-state index in [4.69, 9.17) is 15.7 Å². The first-order valence-electron chi connectivity index (χ1n) is 8.70. The van der Waals surface area contributed by atoms with Crippen LogP contribution in [-0.4, -0.2) is 40.1 Å². The van der Waals surface area contributed by atoms with Crippen LogP contribution in [0.1, 0.15) is 35.6 Å². The molecule has 2 aromatic heterocycles. The molecule has 1 aliphatic rings. The molecule has 3 heterocycles. The van der Waals surface area contributed by atoms with Crippen molar-refractivity contribution in [1.82, 2.24) is 9.97 Å². The Hall–Kier alpha value is -3.23. The van der Waals surface area contributed by atoms with Gasteiger partial charge in [0.2, 0.25) is 5.60 Å². The number of nitriles is 1. The van der Waals surface area contributed by atoms with E-state index in [-0.39, 0.29) is 29.6 Å². The quantitative estimate of drug-likeness (QED) is 0.734. The number of aliphatic imine (C=N–C) groups is 1. The van der Waals surface area contributed by atoms with Crippen molar-refractivity contribution in [2.75, 3.05) is 11.9 Å². The summed E-state index contributed by atoms with van der Waals surface area (Å²) in [4.78, 5) is 24.5.